The van der Waals surface area contributed by atoms with Gasteiger partial charge in [0, 0.05) is 25.5 Å². The Morgan fingerprint density at radius 2 is 2.39 bits per heavy atom. The van der Waals surface area contributed by atoms with Gasteiger partial charge in [-0.1, -0.05) is 0 Å². The summed E-state index contributed by atoms with van der Waals surface area (Å²) in [6.45, 7) is 4.69. The van der Waals surface area contributed by atoms with E-state index in [9.17, 15) is 0 Å². The van der Waals surface area contributed by atoms with E-state index < -0.39 is 0 Å². The van der Waals surface area contributed by atoms with Gasteiger partial charge in [0.1, 0.15) is 11.8 Å². The van der Waals surface area contributed by atoms with Gasteiger partial charge in [0.2, 0.25) is 11.8 Å². The summed E-state index contributed by atoms with van der Waals surface area (Å²) in [5, 5.41) is 11.6. The molecule has 0 spiro atoms. The Balaban J connectivity index is 1.63. The predicted molar refractivity (Wildman–Crippen MR) is 87.0 cm³/mol. The van der Waals surface area contributed by atoms with Gasteiger partial charge < -0.3 is 20.4 Å². The predicted octanol–water partition coefficient (Wildman–Crippen LogP) is 1.66. The molecule has 0 amide bonds. The maximum Gasteiger partial charge on any atom is 0.232 e. The van der Waals surface area contributed by atoms with E-state index in [1.165, 1.54) is 0 Å². The van der Waals surface area contributed by atoms with Gasteiger partial charge in [0.15, 0.2) is 0 Å². The molecule has 0 saturated carbocycles. The van der Waals surface area contributed by atoms with Crippen molar-refractivity contribution in [1.82, 2.24) is 30.0 Å². The van der Waals surface area contributed by atoms with Crippen molar-refractivity contribution in [2.24, 2.45) is 0 Å². The average Bonchev–Trinajstić information content (AvgIpc) is 3.27. The number of fused-ring (bicyclic) bond motifs is 1. The highest BCUT2D eigenvalue weighted by atomic mass is 16.5. The number of ether oxygens (including phenoxy) is 1. The fourth-order valence-corrected chi connectivity index (χ4v) is 2.68. The number of nitrogens with one attached hydrogen (secondary N) is 3. The first kappa shape index (κ1) is 14.0. The third-order valence-corrected chi connectivity index (χ3v) is 3.89. The molecule has 1 saturated heterocycles. The Kier molecular flexibility index (Phi) is 3.58. The lowest BCUT2D eigenvalue weighted by atomic mass is 10.3. The molecule has 3 aromatic heterocycles. The zero-order valence-corrected chi connectivity index (χ0v) is 12.9. The van der Waals surface area contributed by atoms with Crippen LogP contribution in [0.15, 0.2) is 24.7 Å². The molecular weight excluding hydrogens is 294 g/mol. The molecule has 23 heavy (non-hydrogen) atoms. The van der Waals surface area contributed by atoms with Crippen LogP contribution in [0.4, 0.5) is 11.6 Å². The van der Waals surface area contributed by atoms with Crippen LogP contribution in [0.25, 0.3) is 11.0 Å². The van der Waals surface area contributed by atoms with Crippen LogP contribution in [0.1, 0.15) is 13.3 Å². The van der Waals surface area contributed by atoms with Crippen LogP contribution < -0.4 is 15.4 Å². The van der Waals surface area contributed by atoms with E-state index in [0.29, 0.717) is 11.8 Å². The number of rotatable bonds is 5. The number of hydrogen-bond acceptors (Lipinski definition) is 6. The van der Waals surface area contributed by atoms with Crippen molar-refractivity contribution in [3.63, 3.8) is 0 Å². The van der Waals surface area contributed by atoms with Crippen molar-refractivity contribution in [2.75, 3.05) is 18.4 Å². The maximum atomic E-state index is 6.06. The number of nitrogens with zero attached hydrogens (tertiary/aromatic N) is 4. The molecule has 4 heterocycles. The average molecular weight is 313 g/mol. The van der Waals surface area contributed by atoms with E-state index in [1.807, 2.05) is 30.1 Å². The minimum Gasteiger partial charge on any atom is -0.472 e. The van der Waals surface area contributed by atoms with Crippen LogP contribution in [0.3, 0.4) is 0 Å². The molecule has 1 unspecified atom stereocenters. The lowest BCUT2D eigenvalue weighted by Gasteiger charge is -2.13. The van der Waals surface area contributed by atoms with Crippen molar-refractivity contribution < 1.29 is 4.74 Å². The largest absolute Gasteiger partial charge is 0.472 e. The summed E-state index contributed by atoms with van der Waals surface area (Å²) in [7, 11) is 0. The van der Waals surface area contributed by atoms with E-state index in [4.69, 9.17) is 4.74 Å². The molecule has 4 rings (SSSR count). The SMILES string of the molecule is CCn1cc(Nc2nc(OC3CCNC3)c3cc[nH]c3n2)cn1. The van der Waals surface area contributed by atoms with Crippen molar-refractivity contribution >= 4 is 22.7 Å². The molecule has 1 aliphatic heterocycles. The molecule has 0 bridgehead atoms. The Morgan fingerprint density at radius 1 is 1.43 bits per heavy atom. The van der Waals surface area contributed by atoms with Crippen LogP contribution in [0.5, 0.6) is 5.88 Å². The molecule has 120 valence electrons. The number of hydrogen-bond donors (Lipinski definition) is 3. The standard InChI is InChI=1S/C15H19N7O/c1-2-22-9-10(7-18-22)19-15-20-13-12(4-6-17-13)14(21-15)23-11-3-5-16-8-11/h4,6-7,9,11,16H,2-3,5,8H2,1H3,(H2,17,19,20,21). The minimum atomic E-state index is 0.152. The van der Waals surface area contributed by atoms with Crippen molar-refractivity contribution in [1.29, 1.82) is 0 Å². The first-order valence-corrected chi connectivity index (χ1v) is 7.84. The maximum absolute atomic E-state index is 6.06. The molecule has 8 nitrogen and oxygen atoms in total. The fraction of sp³-hybridized carbons (Fsp3) is 0.400. The summed E-state index contributed by atoms with van der Waals surface area (Å²) in [6.07, 6.45) is 6.66. The second kappa shape index (κ2) is 5.88. The summed E-state index contributed by atoms with van der Waals surface area (Å²) >= 11 is 0. The van der Waals surface area contributed by atoms with Crippen molar-refractivity contribution in [3.05, 3.63) is 24.7 Å². The molecule has 3 N–H and O–H groups in total. The van der Waals surface area contributed by atoms with E-state index in [0.717, 1.165) is 42.8 Å². The zero-order valence-electron chi connectivity index (χ0n) is 12.9. The summed E-state index contributed by atoms with van der Waals surface area (Å²) in [5.41, 5.74) is 1.61. The van der Waals surface area contributed by atoms with Crippen LogP contribution in [0, 0.1) is 0 Å². The molecule has 0 aliphatic carbocycles. The van der Waals surface area contributed by atoms with Crippen LogP contribution in [-0.2, 0) is 6.54 Å². The molecule has 0 aromatic carbocycles. The van der Waals surface area contributed by atoms with Crippen LogP contribution in [0.2, 0.25) is 0 Å². The lowest BCUT2D eigenvalue weighted by molar-refractivity contribution is 0.217. The molecule has 8 heteroatoms. The van der Waals surface area contributed by atoms with E-state index in [2.05, 4.69) is 30.7 Å². The van der Waals surface area contributed by atoms with Gasteiger partial charge in [-0.3, -0.25) is 4.68 Å². The van der Waals surface area contributed by atoms with Gasteiger partial charge in [-0.15, -0.1) is 0 Å². The minimum absolute atomic E-state index is 0.152. The molecule has 3 aromatic rings. The number of aromatic nitrogens is 5. The Labute approximate surface area is 133 Å². The van der Waals surface area contributed by atoms with Crippen molar-refractivity contribution in [3.8, 4) is 5.88 Å². The Hall–Kier alpha value is -2.61. The molecule has 1 aliphatic rings. The molecule has 0 radical (unpaired) electrons. The lowest BCUT2D eigenvalue weighted by Crippen LogP contribution is -2.20. The van der Waals surface area contributed by atoms with E-state index in [1.54, 1.807) is 6.20 Å². The van der Waals surface area contributed by atoms with E-state index in [-0.39, 0.29) is 6.10 Å². The third-order valence-electron chi connectivity index (χ3n) is 3.89. The van der Waals surface area contributed by atoms with Gasteiger partial charge in [-0.2, -0.15) is 15.1 Å². The summed E-state index contributed by atoms with van der Waals surface area (Å²) < 4.78 is 7.90. The Bertz CT molecular complexity index is 803. The summed E-state index contributed by atoms with van der Waals surface area (Å²) in [5.74, 6) is 1.10. The van der Waals surface area contributed by atoms with Crippen LogP contribution >= 0.6 is 0 Å². The van der Waals surface area contributed by atoms with Gasteiger partial charge >= 0.3 is 0 Å². The fourth-order valence-electron chi connectivity index (χ4n) is 2.68. The van der Waals surface area contributed by atoms with Gasteiger partial charge in [0.25, 0.3) is 0 Å². The van der Waals surface area contributed by atoms with Gasteiger partial charge in [-0.05, 0) is 26.0 Å². The number of aromatic amines is 1. The second-order valence-corrected chi connectivity index (χ2v) is 5.53. The first-order chi connectivity index (χ1) is 11.3. The third kappa shape index (κ3) is 2.85. The normalized spacial score (nSPS) is 17.7. The zero-order chi connectivity index (χ0) is 15.6. The number of anilines is 2. The monoisotopic (exact) mass is 313 g/mol. The van der Waals surface area contributed by atoms with Crippen molar-refractivity contribution in [2.45, 2.75) is 26.0 Å². The topological polar surface area (TPSA) is 92.7 Å². The van der Waals surface area contributed by atoms with E-state index >= 15 is 0 Å². The molecular formula is C15H19N7O. The smallest absolute Gasteiger partial charge is 0.232 e. The summed E-state index contributed by atoms with van der Waals surface area (Å²) in [4.78, 5) is 12.1. The number of H-pyrrole nitrogens is 1. The second-order valence-electron chi connectivity index (χ2n) is 5.53. The quantitative estimate of drug-likeness (QED) is 0.663. The van der Waals surface area contributed by atoms with Gasteiger partial charge in [-0.25, -0.2) is 0 Å². The highest BCUT2D eigenvalue weighted by molar-refractivity contribution is 5.82. The Morgan fingerprint density at radius 3 is 3.17 bits per heavy atom. The first-order valence-electron chi connectivity index (χ1n) is 7.84. The number of aryl methyl sites for hydroxylation is 1. The van der Waals surface area contributed by atoms with Crippen LogP contribution in [-0.4, -0.2) is 43.9 Å². The molecule has 1 fully saturated rings. The highest BCUT2D eigenvalue weighted by Gasteiger charge is 2.19. The molecule has 1 atom stereocenters. The highest BCUT2D eigenvalue weighted by Crippen LogP contribution is 2.26. The van der Waals surface area contributed by atoms with Gasteiger partial charge in [0.05, 0.1) is 17.3 Å². The summed E-state index contributed by atoms with van der Waals surface area (Å²) in [6, 6.07) is 1.94.